The summed E-state index contributed by atoms with van der Waals surface area (Å²) in [7, 11) is -1.19. The lowest BCUT2D eigenvalue weighted by atomic mass is 10.3. The van der Waals surface area contributed by atoms with Crippen LogP contribution in [0.3, 0.4) is 0 Å². The van der Waals surface area contributed by atoms with Crippen molar-refractivity contribution in [2.24, 2.45) is 5.73 Å². The first-order chi connectivity index (χ1) is 9.20. The van der Waals surface area contributed by atoms with Crippen LogP contribution in [0.25, 0.3) is 0 Å². The third kappa shape index (κ3) is 3.92. The molecule has 0 radical (unpaired) electrons. The van der Waals surface area contributed by atoms with Gasteiger partial charge in [-0.3, -0.25) is 4.21 Å². The second-order valence-corrected chi connectivity index (χ2v) is 5.94. The van der Waals surface area contributed by atoms with Crippen molar-refractivity contribution in [2.45, 2.75) is 23.8 Å². The van der Waals surface area contributed by atoms with Crippen molar-refractivity contribution in [1.82, 2.24) is 0 Å². The molecule has 106 valence electrons. The molecule has 2 rings (SSSR count). The average Bonchev–Trinajstić information content (AvgIpc) is 2.63. The number of aliphatic hydroxyl groups is 1. The topological polar surface area (TPSA) is 81.8 Å². The number of nitrogens with two attached hydrogens (primary N) is 1. The number of benzene rings is 1. The summed E-state index contributed by atoms with van der Waals surface area (Å²) >= 11 is 0. The van der Waals surface area contributed by atoms with Crippen LogP contribution in [0.4, 0.5) is 0 Å². The van der Waals surface area contributed by atoms with E-state index in [0.29, 0.717) is 41.8 Å². The molecule has 1 aliphatic heterocycles. The number of hydrogen-bond donors (Lipinski definition) is 2. The van der Waals surface area contributed by atoms with Crippen molar-refractivity contribution in [3.05, 3.63) is 18.2 Å². The van der Waals surface area contributed by atoms with Gasteiger partial charge < -0.3 is 20.3 Å². The largest absolute Gasteiger partial charge is 0.490 e. The van der Waals surface area contributed by atoms with Crippen LogP contribution in [0.15, 0.2) is 23.1 Å². The maximum atomic E-state index is 12.2. The van der Waals surface area contributed by atoms with E-state index >= 15 is 0 Å². The van der Waals surface area contributed by atoms with Crippen LogP contribution < -0.4 is 15.2 Å². The van der Waals surface area contributed by atoms with E-state index in [0.717, 1.165) is 6.42 Å². The molecule has 0 spiro atoms. The summed E-state index contributed by atoms with van der Waals surface area (Å²) in [5.41, 5.74) is 5.78. The van der Waals surface area contributed by atoms with Gasteiger partial charge in [0.15, 0.2) is 11.5 Å². The van der Waals surface area contributed by atoms with Gasteiger partial charge in [-0.2, -0.15) is 0 Å². The van der Waals surface area contributed by atoms with Crippen LogP contribution in [0, 0.1) is 0 Å². The fourth-order valence-corrected chi connectivity index (χ4v) is 3.03. The van der Waals surface area contributed by atoms with Crippen molar-refractivity contribution >= 4 is 10.8 Å². The van der Waals surface area contributed by atoms with Gasteiger partial charge in [-0.15, -0.1) is 0 Å². The number of rotatable bonds is 5. The van der Waals surface area contributed by atoms with Crippen molar-refractivity contribution in [3.8, 4) is 11.5 Å². The lowest BCUT2D eigenvalue weighted by Gasteiger charge is -2.12. The highest BCUT2D eigenvalue weighted by molar-refractivity contribution is 7.85. The van der Waals surface area contributed by atoms with Crippen molar-refractivity contribution < 1.29 is 18.8 Å². The molecule has 19 heavy (non-hydrogen) atoms. The van der Waals surface area contributed by atoms with E-state index in [1.807, 2.05) is 0 Å². The molecule has 1 aliphatic rings. The number of fused-ring (bicyclic) bond motifs is 1. The fraction of sp³-hybridized carbons (Fsp3) is 0.538. The quantitative estimate of drug-likeness (QED) is 0.831. The van der Waals surface area contributed by atoms with Gasteiger partial charge >= 0.3 is 0 Å². The number of aliphatic hydroxyl groups excluding tert-OH is 1. The van der Waals surface area contributed by atoms with Gasteiger partial charge in [0, 0.05) is 35.8 Å². The molecule has 0 aromatic heterocycles. The summed E-state index contributed by atoms with van der Waals surface area (Å²) in [4.78, 5) is 0.678. The molecule has 6 heteroatoms. The Morgan fingerprint density at radius 3 is 2.79 bits per heavy atom. The van der Waals surface area contributed by atoms with Gasteiger partial charge in [0.1, 0.15) is 0 Å². The van der Waals surface area contributed by atoms with Crippen LogP contribution in [-0.4, -0.2) is 40.9 Å². The fourth-order valence-electron chi connectivity index (χ4n) is 1.83. The van der Waals surface area contributed by atoms with Crippen LogP contribution in [0.5, 0.6) is 11.5 Å². The zero-order chi connectivity index (χ0) is 13.7. The molecule has 1 aromatic carbocycles. The molecule has 0 aliphatic carbocycles. The van der Waals surface area contributed by atoms with E-state index in [4.69, 9.17) is 20.3 Å². The second kappa shape index (κ2) is 6.88. The van der Waals surface area contributed by atoms with Crippen LogP contribution in [0.2, 0.25) is 0 Å². The predicted molar refractivity (Wildman–Crippen MR) is 73.0 cm³/mol. The van der Waals surface area contributed by atoms with Gasteiger partial charge in [0.2, 0.25) is 0 Å². The van der Waals surface area contributed by atoms with Crippen LogP contribution >= 0.6 is 0 Å². The zero-order valence-electron chi connectivity index (χ0n) is 10.7. The molecule has 0 bridgehead atoms. The molecule has 1 aromatic rings. The highest BCUT2D eigenvalue weighted by atomic mass is 32.2. The van der Waals surface area contributed by atoms with Crippen molar-refractivity contribution in [3.63, 3.8) is 0 Å². The lowest BCUT2D eigenvalue weighted by Crippen LogP contribution is -2.28. The minimum absolute atomic E-state index is 0.0134. The summed E-state index contributed by atoms with van der Waals surface area (Å²) in [5.74, 6) is 1.66. The molecular weight excluding hydrogens is 266 g/mol. The number of ether oxygens (including phenoxy) is 2. The molecule has 2 unspecified atom stereocenters. The summed E-state index contributed by atoms with van der Waals surface area (Å²) in [6, 6.07) is 5.05. The highest BCUT2D eigenvalue weighted by Crippen LogP contribution is 2.31. The van der Waals surface area contributed by atoms with Crippen molar-refractivity contribution in [1.29, 1.82) is 0 Å². The molecule has 5 nitrogen and oxygen atoms in total. The molecule has 0 saturated heterocycles. The van der Waals surface area contributed by atoms with E-state index in [9.17, 15) is 4.21 Å². The summed E-state index contributed by atoms with van der Waals surface area (Å²) < 4.78 is 23.2. The van der Waals surface area contributed by atoms with Gasteiger partial charge in [-0.25, -0.2) is 0 Å². The Labute approximate surface area is 115 Å². The van der Waals surface area contributed by atoms with E-state index < -0.39 is 10.8 Å². The molecule has 1 heterocycles. The first kappa shape index (κ1) is 14.3. The van der Waals surface area contributed by atoms with Crippen molar-refractivity contribution in [2.75, 3.05) is 25.6 Å². The Bertz CT molecular complexity index is 452. The van der Waals surface area contributed by atoms with Gasteiger partial charge in [-0.05, 0) is 18.6 Å². The molecule has 0 saturated carbocycles. The molecule has 0 fully saturated rings. The zero-order valence-corrected chi connectivity index (χ0v) is 11.5. The van der Waals surface area contributed by atoms with E-state index in [1.54, 1.807) is 18.2 Å². The Hall–Kier alpha value is -1.11. The molecule has 0 amide bonds. The maximum absolute atomic E-state index is 12.2. The SMILES string of the molecule is NC(CCO)CS(=O)c1ccc2c(c1)OCCCO2. The van der Waals surface area contributed by atoms with E-state index in [-0.39, 0.29) is 12.6 Å². The standard InChI is InChI=1S/C13H19NO4S/c14-10(4-5-15)9-19(16)11-2-3-12-13(8-11)18-7-1-6-17-12/h2-3,8,10,15H,1,4-7,9,14H2. The van der Waals surface area contributed by atoms with E-state index in [1.165, 1.54) is 0 Å². The molecular formula is C13H19NO4S. The summed E-state index contributed by atoms with van der Waals surface area (Å²) in [5, 5.41) is 8.79. The Morgan fingerprint density at radius 1 is 1.32 bits per heavy atom. The van der Waals surface area contributed by atoms with Gasteiger partial charge in [-0.1, -0.05) is 0 Å². The smallest absolute Gasteiger partial charge is 0.162 e. The third-order valence-electron chi connectivity index (χ3n) is 2.85. The van der Waals surface area contributed by atoms with E-state index in [2.05, 4.69) is 0 Å². The Kier molecular flexibility index (Phi) is 5.18. The van der Waals surface area contributed by atoms with Gasteiger partial charge in [0.05, 0.1) is 24.0 Å². The molecule has 3 N–H and O–H groups in total. The Balaban J connectivity index is 2.08. The minimum Gasteiger partial charge on any atom is -0.490 e. The lowest BCUT2D eigenvalue weighted by molar-refractivity contribution is 0.279. The highest BCUT2D eigenvalue weighted by Gasteiger charge is 2.15. The first-order valence-electron chi connectivity index (χ1n) is 6.35. The Morgan fingerprint density at radius 2 is 2.05 bits per heavy atom. The average molecular weight is 285 g/mol. The number of hydrogen-bond acceptors (Lipinski definition) is 5. The summed E-state index contributed by atoms with van der Waals surface area (Å²) in [6.07, 6.45) is 1.30. The van der Waals surface area contributed by atoms with Crippen LogP contribution in [0.1, 0.15) is 12.8 Å². The molecule has 2 atom stereocenters. The summed E-state index contributed by atoms with van der Waals surface area (Å²) in [6.45, 7) is 1.25. The first-order valence-corrected chi connectivity index (χ1v) is 7.67. The predicted octanol–water partition coefficient (Wildman–Crippen LogP) is 0.665. The van der Waals surface area contributed by atoms with Crippen LogP contribution in [-0.2, 0) is 10.8 Å². The third-order valence-corrected chi connectivity index (χ3v) is 4.36. The minimum atomic E-state index is -1.19. The second-order valence-electron chi connectivity index (χ2n) is 4.44. The monoisotopic (exact) mass is 285 g/mol. The van der Waals surface area contributed by atoms with Gasteiger partial charge in [0.25, 0.3) is 0 Å². The maximum Gasteiger partial charge on any atom is 0.162 e. The normalized spacial score (nSPS) is 17.6.